The molecule has 4 aromatic carbocycles. The number of benzene rings is 4. The SMILES string of the molecule is C.C.C[C@H]1c2oncc2C[C@@]2(C)c3nc(C4CCCCC4)nc(-c4ccccc4)c3CC[C@H]12.Cl.[3HH].[3H][3H].[3H][3H].[3H][3H].[3H][3H].[3H][3H].[3H][3H].[3H][3H].[3H][3H].[3H][3H].[3H][3H].[3H][3H].[3H][3H].[3H][3H].[3H][3H].[3H][3H].[3H][3H].[3H][3H].[3H][3H].[3H][3H].[3H][3H].[3H][3H].[3H][3H].[3H][3H].[3H][3H].[3H][3H].[3H][3H].[3H][3H].[3H][3H].[3H][3H].[3H][3H].[3H][3H].[3H][3H].[3H][3H].[3H][3H].[3H][3H].[3H][3H].[3H][3H].[3H][3H].[3H][3H].[3H][3H].[3H][3H].[3H][3H].[3H][3H].[3H][3H].[C-]#[N+]C1=C(O)[C@H](C)[C@H]2CCc3c(-c4ccccc4)nc(C4CCCCC4)nc3[C@]2(C)C1.[C-]#[N+]C1=C[C@@]2(C)c3nc(C4CCCCC4)nc(-c4ccccc4)c3CC[C@@H]2[C@@H](C)C1=O.[C-]#[N+]C1=C[C@@]2(C)c3nc(C4CCCCC4)nc(-c4ccccc4)c3CC[C@@H]2[C@@H](C)C1=O. The van der Waals surface area contributed by atoms with Crippen LogP contribution in [-0.4, -0.2) is 61.7 Å². The number of hydrogen-bond acceptors (Lipinski definition) is 13. The van der Waals surface area contributed by atoms with Crippen molar-refractivity contribution in [2.24, 2.45) is 41.4 Å². The quantitative estimate of drug-likeness (QED) is 0.141. The third-order valence-corrected chi connectivity index (χ3v) is 32.2. The molecule has 5 aromatic heterocycles. The Hall–Kier alpha value is -10.5. The molecule has 4 fully saturated rings. The van der Waals surface area contributed by atoms with E-state index in [0.29, 0.717) is 59.3 Å². The molecule has 4 saturated carbocycles. The molecule has 12 aliphatic rings. The highest BCUT2D eigenvalue weighted by Gasteiger charge is 2.55. The van der Waals surface area contributed by atoms with Gasteiger partial charge < -0.3 is 19.2 Å². The van der Waals surface area contributed by atoms with Gasteiger partial charge in [0.1, 0.15) is 29.1 Å². The Balaban J connectivity index is -0.0000000617. The number of rotatable bonds is 8. The van der Waals surface area contributed by atoms with Gasteiger partial charge in [-0.3, -0.25) is 0 Å². The van der Waals surface area contributed by atoms with Crippen molar-refractivity contribution in [1.82, 2.24) is 45.0 Å². The predicted octanol–water partition coefficient (Wildman–Crippen LogP) is 37.9. The van der Waals surface area contributed by atoms with E-state index in [1.807, 2.05) is 44.3 Å². The van der Waals surface area contributed by atoms with Crippen LogP contribution in [0.2, 0.25) is 0 Å². The molecule has 0 aliphatic heterocycles. The van der Waals surface area contributed by atoms with E-state index in [-0.39, 0.29) is 92.1 Å². The Morgan fingerprint density at radius 3 is 1.01 bits per heavy atom. The minimum absolute atomic E-state index is 0. The fraction of sp³-hybridized carbons (Fsp3) is 0.509. The zero-order chi connectivity index (χ0) is 174. The van der Waals surface area contributed by atoms with Crippen molar-refractivity contribution >= 4 is 24.0 Å². The molecule has 0 saturated heterocycles. The van der Waals surface area contributed by atoms with Crippen LogP contribution < -0.4 is 0 Å². The second-order valence-electron chi connectivity index (χ2n) is 39.5. The molecule has 17 heteroatoms. The second kappa shape index (κ2) is 38.1. The maximum Gasteiger partial charge on any atom is 0.226 e. The summed E-state index contributed by atoms with van der Waals surface area (Å²) in [6.45, 7) is 40.3. The highest BCUT2D eigenvalue weighted by Crippen LogP contribution is 2.59. The molecule has 1 N–H and O–H groups in total. The second-order valence-corrected chi connectivity index (χ2v) is 39.5. The molecule has 0 spiro atoms. The molecule has 5 heterocycles. The van der Waals surface area contributed by atoms with Crippen LogP contribution in [0.4, 0.5) is 0 Å². The highest BCUT2D eigenvalue weighted by atomic mass is 35.5. The number of allylic oxidation sites excluding steroid dienone is 6. The van der Waals surface area contributed by atoms with Crippen molar-refractivity contribution in [1.29, 1.82) is 0 Å². The number of nitrogens with zero attached hydrogens (tertiary/aromatic N) is 12. The maximum absolute atomic E-state index is 12.8. The summed E-state index contributed by atoms with van der Waals surface area (Å²) in [5, 5.41) is 14.8. The lowest BCUT2D eigenvalue weighted by Gasteiger charge is -2.48. The lowest BCUT2D eigenvalue weighted by atomic mass is 9.56. The average molecular weight is 1990 g/mol. The van der Waals surface area contributed by atoms with Gasteiger partial charge in [-0.15, -0.1) is 12.4 Å². The summed E-state index contributed by atoms with van der Waals surface area (Å²) >= 11 is 0. The first kappa shape index (κ1) is 51.1. The standard InChI is InChI=1S/2C27H31N3O.2C27H29N3O.2CH4.ClH.45H2/c1-17-22-14-13-21-23(18-9-5-3-6-10-18)29-26(19-11-7-4-8-12-19)30-25(21)27(22,2)15-20-16-28-31-24(17)20;3*1-17-21-15-14-20-23(18-10-6-4-7-11-18)29-26(19-12-8-5-9-13-19)30-25(20)27(21,2)16-22(28-3)24(17)31;;;;;;;;;;;;;;;;;;;;;;;;;;;;;;;;;;;;;;;;;;;;;;;;/h3,5-6,9-10,16-17,19,22H,4,7-8,11-15H2,1-2H3;4,6-7,10-11,17,19,21,31H,5,8-9,12-16H2,1-2H3;2*4,6-7,10-11,16-17,19,21H,5,8-9,12-15H2,1-2H3;2*1H4;46*1H/t17-,22-,27-;3*17-,21-,27-;;;;;;;;;;;;;;;;;;;;;;;;;;;;;;;;;;;;;;;;;;;;;;;;/m1111................................................/s1/i;;;;;;;44*1+2T;1+2. The van der Waals surface area contributed by atoms with Crippen molar-refractivity contribution < 1.29 is 151 Å². The smallest absolute Gasteiger partial charge is 0.226 e. The molecule has 12 aliphatic carbocycles. The number of halogens is 1. The molecule has 9 aromatic rings. The monoisotopic (exact) mass is 1990 g/mol. The van der Waals surface area contributed by atoms with Gasteiger partial charge >= 0.3 is 0 Å². The molecule has 12 atom stereocenters. The van der Waals surface area contributed by atoms with Crippen molar-refractivity contribution in [3.8, 4) is 45.0 Å². The van der Waals surface area contributed by atoms with Crippen molar-refractivity contribution in [3.05, 3.63) is 276 Å². The molecular formula is C110H219ClN12O4. The number of fused-ring (bicyclic) bond motifs is 13. The number of aliphatic hydroxyl groups excluding tert-OH is 1. The molecule has 0 radical (unpaired) electrons. The van der Waals surface area contributed by atoms with E-state index in [1.165, 1.54) is 135 Å². The van der Waals surface area contributed by atoms with E-state index in [9.17, 15) is 14.7 Å². The first-order valence-electron chi connectivity index (χ1n) is 91.1. The summed E-state index contributed by atoms with van der Waals surface area (Å²) < 4.78 is 446. The average Bonchev–Trinajstić information content (AvgIpc) is 1.41. The Kier molecular flexibility index (Phi) is 15.3. The van der Waals surface area contributed by atoms with Crippen LogP contribution in [0.3, 0.4) is 0 Å². The topological polar surface area (TPSA) is 197 Å². The Morgan fingerprint density at radius 1 is 0.386 bits per heavy atom. The van der Waals surface area contributed by atoms with Crippen molar-refractivity contribution in [2.45, 2.75) is 314 Å². The van der Waals surface area contributed by atoms with Crippen molar-refractivity contribution in [3.63, 3.8) is 0 Å². The number of aliphatic hydroxyl groups is 1. The molecule has 127 heavy (non-hydrogen) atoms. The van der Waals surface area contributed by atoms with Gasteiger partial charge in [0.2, 0.25) is 17.1 Å². The van der Waals surface area contributed by atoms with Crippen LogP contribution in [0.25, 0.3) is 59.6 Å². The van der Waals surface area contributed by atoms with E-state index >= 15 is 0 Å². The fourth-order valence-electron chi connectivity index (χ4n) is 25.4. The van der Waals surface area contributed by atoms with Crippen LogP contribution >= 0.6 is 12.4 Å². The van der Waals surface area contributed by atoms with E-state index in [2.05, 4.69) is 170 Å². The number of hydrogen-bond donors (Lipinski definition) is 1. The van der Waals surface area contributed by atoms with Gasteiger partial charge in [0.15, 0.2) is 11.6 Å². The van der Waals surface area contributed by atoms with Gasteiger partial charge in [-0.2, -0.15) is 0 Å². The van der Waals surface area contributed by atoms with Crippen LogP contribution in [-0.2, 0) is 63.4 Å². The Labute approximate surface area is 897 Å². The highest BCUT2D eigenvalue weighted by molar-refractivity contribution is 6.01. The number of ketones is 2. The molecule has 0 amide bonds. The molecular weight excluding hydrogens is 1590 g/mol. The summed E-state index contributed by atoms with van der Waals surface area (Å²) in [4.78, 5) is 78.4. The summed E-state index contributed by atoms with van der Waals surface area (Å²) in [7, 11) is 0. The minimum Gasteiger partial charge on any atom is -0.523 e. The van der Waals surface area contributed by atoms with E-state index in [4.69, 9.17) is 195 Å². The fourth-order valence-corrected chi connectivity index (χ4v) is 25.4. The van der Waals surface area contributed by atoms with E-state index in [1.54, 1.807) is 0 Å². The minimum atomic E-state index is -0.406. The number of aromatic nitrogens is 9. The van der Waals surface area contributed by atoms with Gasteiger partial charge in [0.25, 0.3) is 0 Å². The summed E-state index contributed by atoms with van der Waals surface area (Å²) in [5.74, 6) is 8.33. The third kappa shape index (κ3) is 16.8. The lowest BCUT2D eigenvalue weighted by molar-refractivity contribution is -0.122. The van der Waals surface area contributed by atoms with Gasteiger partial charge in [-0.1, -0.05) is 286 Å². The van der Waals surface area contributed by atoms with Gasteiger partial charge in [0.05, 0.1) is 77.2 Å². The molecule has 0 bridgehead atoms. The van der Waals surface area contributed by atoms with Gasteiger partial charge in [0, 0.05) is 251 Å². The Morgan fingerprint density at radius 2 is 0.685 bits per heavy atom. The molecule has 750 valence electrons. The van der Waals surface area contributed by atoms with Crippen LogP contribution in [0, 0.1) is 61.1 Å². The van der Waals surface area contributed by atoms with E-state index < -0.39 is 10.8 Å². The number of carbonyl (C=O) groups is 2. The molecule has 21 rings (SSSR count). The number of Topliss-reactive ketones (excluding diaryl/α,β-unsaturated/α-hetero) is 2. The third-order valence-electron chi connectivity index (χ3n) is 32.2. The predicted molar refractivity (Wildman–Crippen MR) is 602 cm³/mol. The van der Waals surface area contributed by atoms with Crippen LogP contribution in [0.1, 0.15) is 472 Å². The first-order valence-corrected chi connectivity index (χ1v) is 47.1. The Bertz CT molecular complexity index is 5800. The maximum atomic E-state index is 12.8. The zero-order valence-corrected chi connectivity index (χ0v) is 75.2. The van der Waals surface area contributed by atoms with Crippen LogP contribution in [0.15, 0.2) is 167 Å². The number of carbonyl (C=O) groups excluding carboxylic acids is 2. The van der Waals surface area contributed by atoms with E-state index in [0.717, 1.165) is 176 Å². The summed E-state index contributed by atoms with van der Waals surface area (Å²) in [6, 6.07) is 42.2. The first-order chi connectivity index (χ1) is 104. The normalized spacial score (nSPS) is 30.4. The summed E-state index contributed by atoms with van der Waals surface area (Å²) in [6.07, 6.45) is 39.7. The largest absolute Gasteiger partial charge is 0.523 e. The molecule has 0 unspecified atom stereocenters. The summed E-state index contributed by atoms with van der Waals surface area (Å²) in [5.41, 5.74) is 19.9. The zero-order valence-electron chi connectivity index (χ0n) is 162. The van der Waals surface area contributed by atoms with Gasteiger partial charge in [-0.05, 0) is 139 Å². The van der Waals surface area contributed by atoms with Gasteiger partial charge in [-0.25, -0.2) is 54.4 Å². The lowest BCUT2D eigenvalue weighted by Crippen LogP contribution is -2.46. The van der Waals surface area contributed by atoms with Crippen LogP contribution in [0.5, 0.6) is 0 Å². The molecule has 16 nitrogen and oxygen atoms in total. The van der Waals surface area contributed by atoms with Crippen molar-refractivity contribution in [2.75, 3.05) is 0 Å².